The summed E-state index contributed by atoms with van der Waals surface area (Å²) in [6.07, 6.45) is 2.18. The minimum absolute atomic E-state index is 0.00785. The number of nitrogens with zero attached hydrogens (tertiary/aromatic N) is 2. The molecule has 2 amide bonds. The number of carbonyl (C=O) groups excluding carboxylic acids is 2. The largest absolute Gasteiger partial charge is 0.497 e. The van der Waals surface area contributed by atoms with E-state index in [4.69, 9.17) is 4.74 Å². The van der Waals surface area contributed by atoms with E-state index >= 15 is 0 Å². The van der Waals surface area contributed by atoms with Gasteiger partial charge in [0.2, 0.25) is 11.8 Å². The maximum Gasteiger partial charge on any atom is 0.242 e. The fourth-order valence-electron chi connectivity index (χ4n) is 3.29. The first-order valence-electron chi connectivity index (χ1n) is 9.38. The Morgan fingerprint density at radius 1 is 1.00 bits per heavy atom. The molecule has 1 aliphatic heterocycles. The lowest BCUT2D eigenvalue weighted by Gasteiger charge is -2.34. The van der Waals surface area contributed by atoms with Crippen molar-refractivity contribution >= 4 is 11.8 Å². The smallest absolute Gasteiger partial charge is 0.242 e. The van der Waals surface area contributed by atoms with Gasteiger partial charge in [0.15, 0.2) is 0 Å². The number of hydrogen-bond acceptors (Lipinski definition) is 3. The van der Waals surface area contributed by atoms with Gasteiger partial charge in [-0.15, -0.1) is 0 Å². The Balaban J connectivity index is 1.44. The molecule has 5 nitrogen and oxygen atoms in total. The highest BCUT2D eigenvalue weighted by Gasteiger charge is 2.26. The van der Waals surface area contributed by atoms with Crippen LogP contribution in [0.4, 0.5) is 0 Å². The van der Waals surface area contributed by atoms with E-state index in [1.165, 1.54) is 5.56 Å². The molecule has 0 saturated carbocycles. The SMILES string of the molecule is COc1ccc(CN2CCN(C(=O)CCCc3ccccc3)CC2=O)cc1. The second-order valence-corrected chi connectivity index (χ2v) is 6.82. The van der Waals surface area contributed by atoms with Crippen LogP contribution in [0.25, 0.3) is 0 Å². The molecule has 0 unspecified atom stereocenters. The third-order valence-electron chi connectivity index (χ3n) is 4.90. The van der Waals surface area contributed by atoms with Crippen molar-refractivity contribution in [3.63, 3.8) is 0 Å². The average molecular weight is 366 g/mol. The summed E-state index contributed by atoms with van der Waals surface area (Å²) in [7, 11) is 1.63. The van der Waals surface area contributed by atoms with Crippen LogP contribution in [0, 0.1) is 0 Å². The van der Waals surface area contributed by atoms with E-state index in [1.54, 1.807) is 12.0 Å². The van der Waals surface area contributed by atoms with Crippen molar-refractivity contribution in [1.29, 1.82) is 0 Å². The molecular weight excluding hydrogens is 340 g/mol. The molecule has 1 fully saturated rings. The van der Waals surface area contributed by atoms with Crippen LogP contribution in [-0.4, -0.2) is 48.4 Å². The van der Waals surface area contributed by atoms with Crippen molar-refractivity contribution in [2.75, 3.05) is 26.7 Å². The first kappa shape index (κ1) is 19.0. The van der Waals surface area contributed by atoms with Gasteiger partial charge in [-0.1, -0.05) is 42.5 Å². The van der Waals surface area contributed by atoms with E-state index in [-0.39, 0.29) is 18.4 Å². The van der Waals surface area contributed by atoms with Gasteiger partial charge < -0.3 is 14.5 Å². The molecule has 1 aliphatic rings. The zero-order chi connectivity index (χ0) is 19.1. The molecule has 0 N–H and O–H groups in total. The van der Waals surface area contributed by atoms with Gasteiger partial charge in [-0.25, -0.2) is 0 Å². The van der Waals surface area contributed by atoms with E-state index in [2.05, 4.69) is 12.1 Å². The van der Waals surface area contributed by atoms with E-state index in [9.17, 15) is 9.59 Å². The van der Waals surface area contributed by atoms with E-state index < -0.39 is 0 Å². The summed E-state index contributed by atoms with van der Waals surface area (Å²) < 4.78 is 5.16. The molecular formula is C22H26N2O3. The van der Waals surface area contributed by atoms with Crippen molar-refractivity contribution < 1.29 is 14.3 Å². The highest BCUT2D eigenvalue weighted by molar-refractivity contribution is 5.86. The molecule has 0 bridgehead atoms. The topological polar surface area (TPSA) is 49.9 Å². The summed E-state index contributed by atoms with van der Waals surface area (Å²) >= 11 is 0. The van der Waals surface area contributed by atoms with Crippen molar-refractivity contribution in [1.82, 2.24) is 9.80 Å². The second kappa shape index (κ2) is 9.21. The molecule has 142 valence electrons. The fourth-order valence-corrected chi connectivity index (χ4v) is 3.29. The Labute approximate surface area is 160 Å². The highest BCUT2D eigenvalue weighted by Crippen LogP contribution is 2.15. The molecule has 0 atom stereocenters. The van der Waals surface area contributed by atoms with Gasteiger partial charge in [-0.3, -0.25) is 9.59 Å². The minimum Gasteiger partial charge on any atom is -0.497 e. The standard InChI is InChI=1S/C22H26N2O3/c1-27-20-12-10-19(11-13-20)16-23-14-15-24(17-22(23)26)21(25)9-5-8-18-6-3-2-4-7-18/h2-4,6-7,10-13H,5,8-9,14-17H2,1H3. The number of benzene rings is 2. The van der Waals surface area contributed by atoms with Gasteiger partial charge in [0.05, 0.1) is 13.7 Å². The van der Waals surface area contributed by atoms with E-state index in [0.717, 1.165) is 24.2 Å². The maximum atomic E-state index is 12.4. The Hall–Kier alpha value is -2.82. The number of aryl methyl sites for hydroxylation is 1. The van der Waals surface area contributed by atoms with Crippen LogP contribution in [0.3, 0.4) is 0 Å². The first-order valence-corrected chi connectivity index (χ1v) is 9.38. The van der Waals surface area contributed by atoms with Crippen LogP contribution >= 0.6 is 0 Å². The van der Waals surface area contributed by atoms with Crippen LogP contribution in [0.15, 0.2) is 54.6 Å². The van der Waals surface area contributed by atoms with Crippen LogP contribution < -0.4 is 4.74 Å². The number of rotatable bonds is 7. The molecule has 0 aliphatic carbocycles. The summed E-state index contributed by atoms with van der Waals surface area (Å²) in [5.41, 5.74) is 2.30. The quantitative estimate of drug-likeness (QED) is 0.757. The Kier molecular flexibility index (Phi) is 6.47. The van der Waals surface area contributed by atoms with Gasteiger partial charge in [0.25, 0.3) is 0 Å². The molecule has 0 radical (unpaired) electrons. The molecule has 2 aromatic carbocycles. The first-order chi connectivity index (χ1) is 13.2. The number of methoxy groups -OCH3 is 1. The zero-order valence-corrected chi connectivity index (χ0v) is 15.8. The average Bonchev–Trinajstić information content (AvgIpc) is 2.71. The third-order valence-corrected chi connectivity index (χ3v) is 4.90. The lowest BCUT2D eigenvalue weighted by Crippen LogP contribution is -2.51. The van der Waals surface area contributed by atoms with Crippen LogP contribution in [0.1, 0.15) is 24.0 Å². The summed E-state index contributed by atoms with van der Waals surface area (Å²) in [4.78, 5) is 28.4. The molecule has 3 rings (SSSR count). The van der Waals surface area contributed by atoms with Crippen LogP contribution in [-0.2, 0) is 22.6 Å². The number of amides is 2. The van der Waals surface area contributed by atoms with Gasteiger partial charge in [-0.2, -0.15) is 0 Å². The number of piperazine rings is 1. The minimum atomic E-state index is 0.00785. The van der Waals surface area contributed by atoms with E-state index in [1.807, 2.05) is 47.4 Å². The summed E-state index contributed by atoms with van der Waals surface area (Å²) in [5.74, 6) is 0.882. The summed E-state index contributed by atoms with van der Waals surface area (Å²) in [6.45, 7) is 1.93. The normalized spacial score (nSPS) is 14.3. The highest BCUT2D eigenvalue weighted by atomic mass is 16.5. The molecule has 5 heteroatoms. The summed E-state index contributed by atoms with van der Waals surface area (Å²) in [6, 6.07) is 17.9. The Morgan fingerprint density at radius 3 is 2.41 bits per heavy atom. The van der Waals surface area contributed by atoms with Gasteiger partial charge in [-0.05, 0) is 36.1 Å². The predicted octanol–water partition coefficient (Wildman–Crippen LogP) is 2.89. The molecule has 1 heterocycles. The van der Waals surface area contributed by atoms with Crippen LogP contribution in [0.5, 0.6) is 5.75 Å². The Morgan fingerprint density at radius 2 is 1.74 bits per heavy atom. The molecule has 0 aromatic heterocycles. The lowest BCUT2D eigenvalue weighted by atomic mass is 10.1. The Bertz CT molecular complexity index is 759. The number of ether oxygens (including phenoxy) is 1. The van der Waals surface area contributed by atoms with Crippen LogP contribution in [0.2, 0.25) is 0 Å². The molecule has 1 saturated heterocycles. The molecule has 27 heavy (non-hydrogen) atoms. The number of hydrogen-bond donors (Lipinski definition) is 0. The summed E-state index contributed by atoms with van der Waals surface area (Å²) in [5, 5.41) is 0. The second-order valence-electron chi connectivity index (χ2n) is 6.82. The lowest BCUT2D eigenvalue weighted by molar-refractivity contribution is -0.145. The third kappa shape index (κ3) is 5.33. The predicted molar refractivity (Wildman–Crippen MR) is 104 cm³/mol. The molecule has 2 aromatic rings. The van der Waals surface area contributed by atoms with Crippen molar-refractivity contribution in [3.05, 3.63) is 65.7 Å². The fraction of sp³-hybridized carbons (Fsp3) is 0.364. The van der Waals surface area contributed by atoms with Crippen molar-refractivity contribution in [2.24, 2.45) is 0 Å². The number of carbonyl (C=O) groups is 2. The monoisotopic (exact) mass is 366 g/mol. The van der Waals surface area contributed by atoms with Gasteiger partial charge >= 0.3 is 0 Å². The van der Waals surface area contributed by atoms with Crippen molar-refractivity contribution in [2.45, 2.75) is 25.8 Å². The van der Waals surface area contributed by atoms with Gasteiger partial charge in [0.1, 0.15) is 5.75 Å². The maximum absolute atomic E-state index is 12.4. The van der Waals surface area contributed by atoms with Gasteiger partial charge in [0, 0.05) is 26.1 Å². The molecule has 0 spiro atoms. The zero-order valence-electron chi connectivity index (χ0n) is 15.8. The van der Waals surface area contributed by atoms with E-state index in [0.29, 0.717) is 26.1 Å². The van der Waals surface area contributed by atoms with Crippen molar-refractivity contribution in [3.8, 4) is 5.75 Å².